The Morgan fingerprint density at radius 2 is 1.95 bits per heavy atom. The number of aryl methyl sites for hydroxylation is 1. The highest BCUT2D eigenvalue weighted by Gasteiger charge is 2.24. The van der Waals surface area contributed by atoms with Crippen molar-refractivity contribution in [2.45, 2.75) is 38.6 Å². The smallest absolute Gasteiger partial charge is 0.178 e. The quantitative estimate of drug-likeness (QED) is 0.653. The topological polar surface area (TPSA) is 30.7 Å². The Labute approximate surface area is 135 Å². The molecule has 4 rings (SSSR count). The summed E-state index contributed by atoms with van der Waals surface area (Å²) in [5.41, 5.74) is 4.01. The van der Waals surface area contributed by atoms with E-state index in [4.69, 9.17) is 16.6 Å². The molecule has 0 aliphatic heterocycles. The van der Waals surface area contributed by atoms with E-state index in [9.17, 15) is 0 Å². The van der Waals surface area contributed by atoms with E-state index in [1.807, 2.05) is 25.1 Å². The van der Waals surface area contributed by atoms with Crippen LogP contribution in [0.4, 0.5) is 0 Å². The summed E-state index contributed by atoms with van der Waals surface area (Å²) in [4.78, 5) is 9.23. The van der Waals surface area contributed by atoms with Crippen molar-refractivity contribution < 1.29 is 0 Å². The van der Waals surface area contributed by atoms with Crippen LogP contribution in [0.5, 0.6) is 0 Å². The van der Waals surface area contributed by atoms with Crippen LogP contribution in [0.3, 0.4) is 0 Å². The number of imidazole rings is 1. The fourth-order valence-electron chi connectivity index (χ4n) is 3.47. The van der Waals surface area contributed by atoms with Crippen LogP contribution in [0.25, 0.3) is 22.6 Å². The molecule has 0 atom stereocenters. The first-order valence-corrected chi connectivity index (χ1v) is 8.22. The maximum Gasteiger partial charge on any atom is 0.178 e. The molecule has 2 heterocycles. The van der Waals surface area contributed by atoms with Crippen LogP contribution in [0.15, 0.2) is 36.5 Å². The highest BCUT2D eigenvalue weighted by Crippen LogP contribution is 2.38. The van der Waals surface area contributed by atoms with Gasteiger partial charge >= 0.3 is 0 Å². The van der Waals surface area contributed by atoms with Crippen molar-refractivity contribution in [3.63, 3.8) is 0 Å². The minimum atomic E-state index is 0.501. The molecule has 3 aromatic rings. The minimum Gasteiger partial charge on any atom is -0.319 e. The van der Waals surface area contributed by atoms with E-state index in [-0.39, 0.29) is 0 Å². The lowest BCUT2D eigenvalue weighted by Gasteiger charge is -2.17. The van der Waals surface area contributed by atoms with Crippen molar-refractivity contribution in [2.24, 2.45) is 0 Å². The van der Waals surface area contributed by atoms with Gasteiger partial charge in [0, 0.05) is 17.8 Å². The summed E-state index contributed by atoms with van der Waals surface area (Å²) in [5, 5.41) is 0.789. The maximum atomic E-state index is 6.56. The molecular weight excluding hydrogens is 294 g/mol. The van der Waals surface area contributed by atoms with Gasteiger partial charge in [-0.1, -0.05) is 36.6 Å². The lowest BCUT2D eigenvalue weighted by atomic mass is 10.1. The predicted octanol–water partition coefficient (Wildman–Crippen LogP) is 5.18. The largest absolute Gasteiger partial charge is 0.319 e. The molecule has 1 aliphatic rings. The lowest BCUT2D eigenvalue weighted by molar-refractivity contribution is 0.537. The van der Waals surface area contributed by atoms with E-state index < -0.39 is 0 Å². The van der Waals surface area contributed by atoms with Crippen molar-refractivity contribution in [1.29, 1.82) is 0 Å². The Balaban J connectivity index is 2.00. The molecule has 0 bridgehead atoms. The Morgan fingerprint density at radius 3 is 2.77 bits per heavy atom. The highest BCUT2D eigenvalue weighted by atomic mass is 35.5. The molecule has 4 heteroatoms. The Morgan fingerprint density at radius 1 is 1.14 bits per heavy atom. The lowest BCUT2D eigenvalue weighted by Crippen LogP contribution is -2.07. The van der Waals surface area contributed by atoms with Gasteiger partial charge in [-0.3, -0.25) is 0 Å². The summed E-state index contributed by atoms with van der Waals surface area (Å²) in [5.74, 6) is 0.953. The average molecular weight is 312 g/mol. The zero-order valence-electron chi connectivity index (χ0n) is 12.6. The van der Waals surface area contributed by atoms with Gasteiger partial charge in [-0.05, 0) is 43.5 Å². The number of hydrogen-bond acceptors (Lipinski definition) is 2. The van der Waals surface area contributed by atoms with E-state index in [0.717, 1.165) is 33.1 Å². The van der Waals surface area contributed by atoms with Gasteiger partial charge in [0.05, 0.1) is 10.5 Å². The number of fused-ring (bicyclic) bond motifs is 1. The second-order valence-electron chi connectivity index (χ2n) is 6.03. The normalized spacial score (nSPS) is 15.7. The van der Waals surface area contributed by atoms with E-state index in [1.165, 1.54) is 25.7 Å². The molecule has 1 fully saturated rings. The van der Waals surface area contributed by atoms with Gasteiger partial charge in [-0.15, -0.1) is 0 Å². The van der Waals surface area contributed by atoms with Gasteiger partial charge in [0.1, 0.15) is 5.82 Å². The van der Waals surface area contributed by atoms with E-state index in [1.54, 1.807) is 6.20 Å². The third-order valence-corrected chi connectivity index (χ3v) is 5.09. The maximum absolute atomic E-state index is 6.56. The molecule has 0 saturated heterocycles. The van der Waals surface area contributed by atoms with Gasteiger partial charge in [-0.2, -0.15) is 0 Å². The fraction of sp³-hybridized carbons (Fsp3) is 0.333. The van der Waals surface area contributed by atoms with Crippen LogP contribution in [-0.2, 0) is 0 Å². The minimum absolute atomic E-state index is 0.501. The van der Waals surface area contributed by atoms with Crippen LogP contribution in [0.1, 0.15) is 37.3 Å². The summed E-state index contributed by atoms with van der Waals surface area (Å²) in [7, 11) is 0. The van der Waals surface area contributed by atoms with E-state index >= 15 is 0 Å². The molecule has 0 unspecified atom stereocenters. The SMILES string of the molecule is Cc1cccc(-c2nc3ncccc3n2C2CCCC2)c1Cl. The fourth-order valence-corrected chi connectivity index (χ4v) is 3.68. The Bertz CT molecular complexity index is 831. The number of nitrogens with zero attached hydrogens (tertiary/aromatic N) is 3. The van der Waals surface area contributed by atoms with Crippen LogP contribution in [0, 0.1) is 6.92 Å². The zero-order chi connectivity index (χ0) is 15.1. The Hall–Kier alpha value is -1.87. The van der Waals surface area contributed by atoms with Gasteiger partial charge < -0.3 is 4.57 Å². The van der Waals surface area contributed by atoms with Gasteiger partial charge in [0.15, 0.2) is 5.65 Å². The van der Waals surface area contributed by atoms with Crippen LogP contribution < -0.4 is 0 Å². The molecule has 1 saturated carbocycles. The summed E-state index contributed by atoms with van der Waals surface area (Å²) in [6.07, 6.45) is 6.78. The van der Waals surface area contributed by atoms with E-state index in [2.05, 4.69) is 21.7 Å². The summed E-state index contributed by atoms with van der Waals surface area (Å²) in [6, 6.07) is 10.7. The molecule has 22 heavy (non-hydrogen) atoms. The molecule has 112 valence electrons. The Kier molecular flexibility index (Phi) is 3.38. The molecule has 0 radical (unpaired) electrons. The van der Waals surface area contributed by atoms with Crippen LogP contribution in [-0.4, -0.2) is 14.5 Å². The molecule has 0 spiro atoms. The average Bonchev–Trinajstić information content (AvgIpc) is 3.16. The van der Waals surface area contributed by atoms with Crippen molar-refractivity contribution in [3.05, 3.63) is 47.1 Å². The van der Waals surface area contributed by atoms with Gasteiger partial charge in [-0.25, -0.2) is 9.97 Å². The first-order valence-electron chi connectivity index (χ1n) is 7.84. The molecule has 0 amide bonds. The van der Waals surface area contributed by atoms with Crippen LogP contribution >= 0.6 is 11.6 Å². The molecule has 1 aromatic carbocycles. The van der Waals surface area contributed by atoms with Crippen LogP contribution in [0.2, 0.25) is 5.02 Å². The number of benzene rings is 1. The summed E-state index contributed by atoms with van der Waals surface area (Å²) < 4.78 is 2.36. The first-order chi connectivity index (χ1) is 10.8. The molecule has 0 N–H and O–H groups in total. The summed E-state index contributed by atoms with van der Waals surface area (Å²) in [6.45, 7) is 2.03. The predicted molar refractivity (Wildman–Crippen MR) is 90.2 cm³/mol. The molecule has 1 aliphatic carbocycles. The highest BCUT2D eigenvalue weighted by molar-refractivity contribution is 6.34. The first kappa shape index (κ1) is 13.8. The third-order valence-electron chi connectivity index (χ3n) is 4.59. The molecule has 3 nitrogen and oxygen atoms in total. The van der Waals surface area contributed by atoms with Crippen molar-refractivity contribution >= 4 is 22.8 Å². The zero-order valence-corrected chi connectivity index (χ0v) is 13.3. The molecular formula is C18H18ClN3. The number of rotatable bonds is 2. The number of halogens is 1. The molecule has 2 aromatic heterocycles. The number of pyridine rings is 1. The second-order valence-corrected chi connectivity index (χ2v) is 6.40. The number of aromatic nitrogens is 3. The standard InChI is InChI=1S/C18H18ClN3/c1-12-6-4-9-14(16(12)19)18-21-17-15(10-5-11-20-17)22(18)13-7-2-3-8-13/h4-6,9-11,13H,2-3,7-8H2,1H3. The van der Waals surface area contributed by atoms with Crippen molar-refractivity contribution in [2.75, 3.05) is 0 Å². The third kappa shape index (κ3) is 2.12. The monoisotopic (exact) mass is 311 g/mol. The van der Waals surface area contributed by atoms with E-state index in [0.29, 0.717) is 6.04 Å². The van der Waals surface area contributed by atoms with Crippen molar-refractivity contribution in [3.8, 4) is 11.4 Å². The number of hydrogen-bond donors (Lipinski definition) is 0. The second kappa shape index (κ2) is 5.40. The summed E-state index contributed by atoms with van der Waals surface area (Å²) >= 11 is 6.56. The van der Waals surface area contributed by atoms with Crippen molar-refractivity contribution in [1.82, 2.24) is 14.5 Å². The van der Waals surface area contributed by atoms with Gasteiger partial charge in [0.25, 0.3) is 0 Å². The van der Waals surface area contributed by atoms with Gasteiger partial charge in [0.2, 0.25) is 0 Å².